The zero-order chi connectivity index (χ0) is 12.5. The molecule has 0 aromatic heterocycles. The van der Waals surface area contributed by atoms with Gasteiger partial charge >= 0.3 is 0 Å². The van der Waals surface area contributed by atoms with Crippen LogP contribution in [0.3, 0.4) is 0 Å². The maximum atomic E-state index is 12.2. The van der Waals surface area contributed by atoms with Gasteiger partial charge in [-0.1, -0.05) is 36.4 Å². The zero-order valence-electron chi connectivity index (χ0n) is 9.42. The van der Waals surface area contributed by atoms with Gasteiger partial charge in [0.05, 0.1) is 4.90 Å². The Morgan fingerprint density at radius 3 is 2.47 bits per heavy atom. The second-order valence-electron chi connectivity index (χ2n) is 3.55. The van der Waals surface area contributed by atoms with Gasteiger partial charge in [0.15, 0.2) is 0 Å². The van der Waals surface area contributed by atoms with E-state index in [1.54, 1.807) is 18.2 Å². The maximum Gasteiger partial charge on any atom is 0.256 e. The minimum atomic E-state index is -3.60. The van der Waals surface area contributed by atoms with Crippen molar-refractivity contribution in [2.45, 2.75) is 4.90 Å². The molecule has 1 N–H and O–H groups in total. The lowest BCUT2D eigenvalue weighted by atomic mass is 10.1. The molecule has 0 aliphatic heterocycles. The molecule has 0 aliphatic rings. The van der Waals surface area contributed by atoms with E-state index in [9.17, 15) is 8.42 Å². The van der Waals surface area contributed by atoms with Gasteiger partial charge in [-0.05, 0) is 18.5 Å². The Labute approximate surface area is 101 Å². The molecule has 2 aromatic rings. The van der Waals surface area contributed by atoms with Crippen molar-refractivity contribution in [3.8, 4) is 0 Å². The highest BCUT2D eigenvalue weighted by molar-refractivity contribution is 7.89. The summed E-state index contributed by atoms with van der Waals surface area (Å²) in [6.07, 6.45) is 0. The summed E-state index contributed by atoms with van der Waals surface area (Å²) in [7, 11) is 1.35. The predicted molar refractivity (Wildman–Crippen MR) is 67.4 cm³/mol. The second-order valence-corrected chi connectivity index (χ2v) is 5.39. The summed E-state index contributed by atoms with van der Waals surface area (Å²) in [5, 5.41) is 1.58. The minimum Gasteiger partial charge on any atom is -0.244 e. The molecule has 0 aliphatic carbocycles. The summed E-state index contributed by atoms with van der Waals surface area (Å²) in [6, 6.07) is 12.5. The first kappa shape index (κ1) is 12.0. The standard InChI is InChI=1S/C12H13N2O2S/c1-13-14(2)17(15,16)12-9-5-7-10-6-3-4-8-11(10)12/h3-9,13H,2H2,1H3. The van der Waals surface area contributed by atoms with Crippen molar-refractivity contribution >= 4 is 20.8 Å². The topological polar surface area (TPSA) is 49.4 Å². The van der Waals surface area contributed by atoms with Crippen molar-refractivity contribution in [2.24, 2.45) is 0 Å². The molecule has 2 aromatic carbocycles. The molecule has 0 saturated carbocycles. The first-order valence-electron chi connectivity index (χ1n) is 5.08. The highest BCUT2D eigenvalue weighted by Crippen LogP contribution is 2.24. The highest BCUT2D eigenvalue weighted by Gasteiger charge is 2.21. The SMILES string of the molecule is [CH2]N(NC)S(=O)(=O)c1cccc2ccccc12. The second kappa shape index (κ2) is 4.44. The van der Waals surface area contributed by atoms with Crippen LogP contribution in [0.25, 0.3) is 10.8 Å². The first-order chi connectivity index (χ1) is 8.07. The number of sulfonamides is 1. The smallest absolute Gasteiger partial charge is 0.244 e. The molecule has 0 heterocycles. The van der Waals surface area contributed by atoms with Crippen molar-refractivity contribution < 1.29 is 8.42 Å². The van der Waals surface area contributed by atoms with E-state index >= 15 is 0 Å². The largest absolute Gasteiger partial charge is 0.256 e. The maximum absolute atomic E-state index is 12.2. The van der Waals surface area contributed by atoms with Crippen LogP contribution in [0.2, 0.25) is 0 Å². The van der Waals surface area contributed by atoms with E-state index < -0.39 is 10.0 Å². The average molecular weight is 249 g/mol. The van der Waals surface area contributed by atoms with Gasteiger partial charge in [0, 0.05) is 12.4 Å². The molecule has 5 heteroatoms. The van der Waals surface area contributed by atoms with Gasteiger partial charge in [0.1, 0.15) is 0 Å². The normalized spacial score (nSPS) is 12.2. The van der Waals surface area contributed by atoms with Gasteiger partial charge in [-0.3, -0.25) is 0 Å². The molecule has 1 radical (unpaired) electrons. The van der Waals surface area contributed by atoms with E-state index in [0.29, 0.717) is 5.39 Å². The molecule has 4 nitrogen and oxygen atoms in total. The van der Waals surface area contributed by atoms with Crippen LogP contribution >= 0.6 is 0 Å². The fourth-order valence-corrected chi connectivity index (χ4v) is 2.85. The number of benzene rings is 2. The third-order valence-corrected chi connectivity index (χ3v) is 4.24. The number of nitrogens with one attached hydrogen (secondary N) is 1. The van der Waals surface area contributed by atoms with Crippen LogP contribution in [0.15, 0.2) is 47.4 Å². The van der Waals surface area contributed by atoms with Gasteiger partial charge < -0.3 is 0 Å². The summed E-state index contributed by atoms with van der Waals surface area (Å²) in [6.45, 7) is 0. The van der Waals surface area contributed by atoms with Crippen molar-refractivity contribution in [3.05, 3.63) is 49.5 Å². The Morgan fingerprint density at radius 1 is 1.12 bits per heavy atom. The van der Waals surface area contributed by atoms with Crippen molar-refractivity contribution in [1.29, 1.82) is 0 Å². The Balaban J connectivity index is 2.72. The number of nitrogens with zero attached hydrogens (tertiary/aromatic N) is 1. The molecule has 0 amide bonds. The zero-order valence-corrected chi connectivity index (χ0v) is 10.2. The summed E-state index contributed by atoms with van der Waals surface area (Å²) in [4.78, 5) is 0.250. The van der Waals surface area contributed by atoms with Gasteiger partial charge in [0.2, 0.25) is 0 Å². The van der Waals surface area contributed by atoms with E-state index in [1.807, 2.05) is 24.3 Å². The molecule has 0 unspecified atom stereocenters. The van der Waals surface area contributed by atoms with Crippen LogP contribution in [0.5, 0.6) is 0 Å². The first-order valence-corrected chi connectivity index (χ1v) is 6.52. The lowest BCUT2D eigenvalue weighted by Gasteiger charge is -2.16. The Bertz CT molecular complexity index is 633. The van der Waals surface area contributed by atoms with E-state index in [0.717, 1.165) is 9.80 Å². The average Bonchev–Trinajstić information content (AvgIpc) is 2.37. The lowest BCUT2D eigenvalue weighted by Crippen LogP contribution is -2.34. The van der Waals surface area contributed by atoms with E-state index in [4.69, 9.17) is 0 Å². The van der Waals surface area contributed by atoms with Crippen LogP contribution in [0.1, 0.15) is 0 Å². The van der Waals surface area contributed by atoms with Gasteiger partial charge in [0.25, 0.3) is 10.0 Å². The lowest BCUT2D eigenvalue weighted by molar-refractivity contribution is 0.433. The molecule has 0 saturated heterocycles. The van der Waals surface area contributed by atoms with Crippen LogP contribution in [-0.4, -0.2) is 19.9 Å². The third-order valence-electron chi connectivity index (χ3n) is 2.57. The van der Waals surface area contributed by atoms with Crippen LogP contribution in [0, 0.1) is 7.05 Å². The van der Waals surface area contributed by atoms with Crippen molar-refractivity contribution in [1.82, 2.24) is 9.84 Å². The Hall–Kier alpha value is -1.43. The number of hydrogen-bond donors (Lipinski definition) is 1. The Kier molecular flexibility index (Phi) is 3.15. The molecule has 0 bridgehead atoms. The molecule has 2 rings (SSSR count). The Morgan fingerprint density at radius 2 is 1.76 bits per heavy atom. The summed E-state index contributed by atoms with van der Waals surface area (Å²) in [5.74, 6) is 0. The van der Waals surface area contributed by atoms with Gasteiger partial charge in [-0.25, -0.2) is 13.8 Å². The minimum absolute atomic E-state index is 0.250. The fourth-order valence-electron chi connectivity index (χ4n) is 1.66. The van der Waals surface area contributed by atoms with Gasteiger partial charge in [-0.2, -0.15) is 0 Å². The monoisotopic (exact) mass is 249 g/mol. The van der Waals surface area contributed by atoms with Crippen LogP contribution in [-0.2, 0) is 10.0 Å². The molecule has 0 fully saturated rings. The van der Waals surface area contributed by atoms with Crippen molar-refractivity contribution in [3.63, 3.8) is 0 Å². The number of hydrazine groups is 1. The molecule has 0 spiro atoms. The van der Waals surface area contributed by atoms with E-state index in [2.05, 4.69) is 12.5 Å². The van der Waals surface area contributed by atoms with Crippen LogP contribution < -0.4 is 5.43 Å². The number of hydrogen-bond acceptors (Lipinski definition) is 3. The summed E-state index contributed by atoms with van der Waals surface area (Å²) < 4.78 is 25.2. The van der Waals surface area contributed by atoms with E-state index in [-0.39, 0.29) is 4.90 Å². The van der Waals surface area contributed by atoms with Crippen LogP contribution in [0.4, 0.5) is 0 Å². The summed E-state index contributed by atoms with van der Waals surface area (Å²) in [5.41, 5.74) is 2.50. The third kappa shape index (κ3) is 2.04. The molecular weight excluding hydrogens is 236 g/mol. The fraction of sp³-hybridized carbons (Fsp3) is 0.0833. The number of rotatable bonds is 3. The molecule has 17 heavy (non-hydrogen) atoms. The van der Waals surface area contributed by atoms with Gasteiger partial charge in [-0.15, -0.1) is 4.41 Å². The molecular formula is C12H13N2O2S. The predicted octanol–water partition coefficient (Wildman–Crippen LogP) is 1.76. The molecule has 89 valence electrons. The van der Waals surface area contributed by atoms with E-state index in [1.165, 1.54) is 7.05 Å². The summed E-state index contributed by atoms with van der Waals surface area (Å²) >= 11 is 0. The quantitative estimate of drug-likeness (QED) is 0.843. The van der Waals surface area contributed by atoms with Crippen molar-refractivity contribution in [2.75, 3.05) is 7.05 Å². The molecule has 0 atom stereocenters. The highest BCUT2D eigenvalue weighted by atomic mass is 32.2. The number of fused-ring (bicyclic) bond motifs is 1.